The van der Waals surface area contributed by atoms with Gasteiger partial charge in [0.15, 0.2) is 0 Å². The van der Waals surface area contributed by atoms with Gasteiger partial charge in [0.25, 0.3) is 0 Å². The molecule has 9 heteroatoms. The number of benzene rings is 1. The predicted molar refractivity (Wildman–Crippen MR) is 154 cm³/mol. The average Bonchev–Trinajstić information content (AvgIpc) is 3.88. The van der Waals surface area contributed by atoms with Crippen LogP contribution in [0.15, 0.2) is 45.6 Å². The number of ether oxygens (including phenoxy) is 3. The molecule has 0 unspecified atom stereocenters. The van der Waals surface area contributed by atoms with Crippen molar-refractivity contribution in [3.63, 3.8) is 0 Å². The van der Waals surface area contributed by atoms with Gasteiger partial charge >= 0.3 is 17.6 Å². The fourth-order valence-electron chi connectivity index (χ4n) is 8.55. The molecule has 0 amide bonds. The van der Waals surface area contributed by atoms with Gasteiger partial charge in [-0.05, 0) is 63.2 Å². The number of aliphatic hydroxyl groups is 2. The van der Waals surface area contributed by atoms with Gasteiger partial charge in [-0.3, -0.25) is 9.59 Å². The first-order valence-electron chi connectivity index (χ1n) is 15.6. The van der Waals surface area contributed by atoms with Crippen LogP contribution in [-0.2, 0) is 19.1 Å². The highest BCUT2D eigenvalue weighted by atomic mass is 16.6. The Morgan fingerprint density at radius 3 is 2.33 bits per heavy atom. The minimum Gasteiger partial charge on any atom is -0.484 e. The number of aliphatic hydroxyl groups excluding tert-OH is 2. The molecule has 9 nitrogen and oxygen atoms in total. The summed E-state index contributed by atoms with van der Waals surface area (Å²) >= 11 is 0. The number of esters is 2. The van der Waals surface area contributed by atoms with Gasteiger partial charge in [0.2, 0.25) is 0 Å². The Morgan fingerprint density at radius 1 is 0.977 bits per heavy atom. The highest BCUT2D eigenvalue weighted by Gasteiger charge is 2.70. The van der Waals surface area contributed by atoms with Crippen molar-refractivity contribution < 1.29 is 38.4 Å². The maximum absolute atomic E-state index is 13.4. The third-order valence-corrected chi connectivity index (χ3v) is 11.3. The van der Waals surface area contributed by atoms with Gasteiger partial charge in [-0.25, -0.2) is 4.79 Å². The fourth-order valence-corrected chi connectivity index (χ4v) is 8.55. The molecule has 4 saturated carbocycles. The topological polar surface area (TPSA) is 132 Å². The van der Waals surface area contributed by atoms with Crippen LogP contribution >= 0.6 is 0 Å². The van der Waals surface area contributed by atoms with Crippen molar-refractivity contribution in [1.29, 1.82) is 0 Å². The van der Waals surface area contributed by atoms with Crippen molar-refractivity contribution in [2.24, 2.45) is 34.5 Å². The summed E-state index contributed by atoms with van der Waals surface area (Å²) in [7, 11) is 0. The molecule has 4 fully saturated rings. The summed E-state index contributed by atoms with van der Waals surface area (Å²) in [4.78, 5) is 39.0. The minimum atomic E-state index is -1.28. The first-order chi connectivity index (χ1) is 20.5. The van der Waals surface area contributed by atoms with Gasteiger partial charge in [0, 0.05) is 23.0 Å². The average molecular weight is 593 g/mol. The summed E-state index contributed by atoms with van der Waals surface area (Å²) in [6.45, 7) is 5.87. The van der Waals surface area contributed by atoms with Gasteiger partial charge in [0.05, 0.1) is 24.0 Å². The highest BCUT2D eigenvalue weighted by Crippen LogP contribution is 2.67. The van der Waals surface area contributed by atoms with E-state index >= 15 is 0 Å². The van der Waals surface area contributed by atoms with E-state index in [1.807, 2.05) is 37.3 Å². The zero-order valence-electron chi connectivity index (χ0n) is 24.9. The lowest BCUT2D eigenvalue weighted by Gasteiger charge is -2.66. The second-order valence-electron chi connectivity index (χ2n) is 14.2. The van der Waals surface area contributed by atoms with Crippen molar-refractivity contribution >= 4 is 11.9 Å². The number of rotatable bonds is 6. The maximum Gasteiger partial charge on any atom is 0.345 e. The van der Waals surface area contributed by atoms with E-state index in [1.165, 1.54) is 0 Å². The van der Waals surface area contributed by atoms with Gasteiger partial charge in [-0.15, -0.1) is 0 Å². The fraction of sp³-hybridized carbons (Fsp3) is 0.618. The molecule has 7 rings (SSSR count). The summed E-state index contributed by atoms with van der Waals surface area (Å²) < 4.78 is 24.2. The summed E-state index contributed by atoms with van der Waals surface area (Å²) in [6.07, 6.45) is 1.77. The Bertz CT molecular complexity index is 1490. The Hall–Kier alpha value is -3.17. The van der Waals surface area contributed by atoms with Crippen LogP contribution < -0.4 is 10.4 Å². The Labute approximate surface area is 250 Å². The normalized spacial score (nSPS) is 38.1. The van der Waals surface area contributed by atoms with Crippen LogP contribution in [0.1, 0.15) is 77.4 Å². The molecule has 1 aliphatic heterocycles. The monoisotopic (exact) mass is 592 g/mol. The molecule has 4 aliphatic carbocycles. The molecule has 8 atom stereocenters. The Kier molecular flexibility index (Phi) is 6.60. The lowest BCUT2D eigenvalue weighted by Crippen LogP contribution is -2.71. The van der Waals surface area contributed by atoms with E-state index in [0.29, 0.717) is 24.2 Å². The lowest BCUT2D eigenvalue weighted by atomic mass is 9.42. The second kappa shape index (κ2) is 9.92. The van der Waals surface area contributed by atoms with Crippen LogP contribution in [0.4, 0.5) is 0 Å². The molecule has 0 radical (unpaired) electrons. The molecule has 230 valence electrons. The van der Waals surface area contributed by atoms with Crippen LogP contribution in [0, 0.1) is 34.5 Å². The molecule has 43 heavy (non-hydrogen) atoms. The zero-order chi connectivity index (χ0) is 30.3. The smallest absolute Gasteiger partial charge is 0.345 e. The van der Waals surface area contributed by atoms with E-state index in [0.717, 1.165) is 25.7 Å². The van der Waals surface area contributed by atoms with Gasteiger partial charge in [-0.1, -0.05) is 44.2 Å². The molecule has 2 aromatic rings. The van der Waals surface area contributed by atoms with Crippen molar-refractivity contribution in [3.8, 4) is 17.1 Å². The SMILES string of the molecule is C[C@]12CC[C@H](OC(=O)C3CC3)[C@](C)(COC(=O)C3CC3)[C@@H]1C[C@H](O)[C@@]1(C)Oc3cc(-c4ccccc4)oc(=O)c3[C@H](O)[C@H]21. The maximum atomic E-state index is 13.4. The summed E-state index contributed by atoms with van der Waals surface area (Å²) in [5.41, 5.74) is -2.66. The molecule has 0 bridgehead atoms. The molecular formula is C34H40O9. The van der Waals surface area contributed by atoms with Crippen LogP contribution in [0.5, 0.6) is 5.75 Å². The van der Waals surface area contributed by atoms with Crippen molar-refractivity contribution in [1.82, 2.24) is 0 Å². The molecule has 1 aromatic carbocycles. The Balaban J connectivity index is 1.27. The van der Waals surface area contributed by atoms with Crippen molar-refractivity contribution in [3.05, 3.63) is 52.4 Å². The van der Waals surface area contributed by atoms with Gasteiger partial charge < -0.3 is 28.8 Å². The number of fused-ring (bicyclic) bond motifs is 4. The number of carbonyl (C=O) groups is 2. The molecular weight excluding hydrogens is 552 g/mol. The number of carbonyl (C=O) groups excluding carboxylic acids is 2. The Morgan fingerprint density at radius 2 is 1.65 bits per heavy atom. The van der Waals surface area contributed by atoms with E-state index in [2.05, 4.69) is 6.92 Å². The molecule has 1 aromatic heterocycles. The van der Waals surface area contributed by atoms with Crippen LogP contribution in [-0.4, -0.2) is 46.6 Å². The van der Waals surface area contributed by atoms with Crippen molar-refractivity contribution in [2.45, 2.75) is 89.6 Å². The van der Waals surface area contributed by atoms with E-state index in [9.17, 15) is 24.6 Å². The highest BCUT2D eigenvalue weighted by molar-refractivity contribution is 5.75. The largest absolute Gasteiger partial charge is 0.484 e. The molecule has 2 N–H and O–H groups in total. The van der Waals surface area contributed by atoms with E-state index in [1.54, 1.807) is 13.0 Å². The summed E-state index contributed by atoms with van der Waals surface area (Å²) in [5, 5.41) is 23.9. The summed E-state index contributed by atoms with van der Waals surface area (Å²) in [5.74, 6) is -1.13. The van der Waals surface area contributed by atoms with Crippen molar-refractivity contribution in [2.75, 3.05) is 6.61 Å². The molecule has 0 spiro atoms. The van der Waals surface area contributed by atoms with Crippen LogP contribution in [0.3, 0.4) is 0 Å². The standard InChI is InChI=1S/C34H40O9/c1-32-14-13-25(42-30(38)20-11-12-20)33(2,17-40-29(37)19-9-10-19)23(32)16-24(35)34(3)28(32)27(36)26-22(43-34)15-21(41-31(26)39)18-7-5-4-6-8-18/h4-8,15,19-20,23-25,27-28,35-36H,9-14,16-17H2,1-3H3/t23-,24+,25+,27+,28-,32+,33-,34-/m1/s1. The number of hydrogen-bond donors (Lipinski definition) is 2. The zero-order valence-corrected chi connectivity index (χ0v) is 24.9. The quantitative estimate of drug-likeness (QED) is 0.463. The first-order valence-corrected chi connectivity index (χ1v) is 15.6. The van der Waals surface area contributed by atoms with Crippen LogP contribution in [0.25, 0.3) is 11.3 Å². The predicted octanol–water partition coefficient (Wildman–Crippen LogP) is 4.57. The number of hydrogen-bond acceptors (Lipinski definition) is 9. The van der Waals surface area contributed by atoms with E-state index < -0.39 is 46.3 Å². The van der Waals surface area contributed by atoms with Gasteiger partial charge in [0.1, 0.15) is 35.4 Å². The minimum absolute atomic E-state index is 0.0392. The first kappa shape index (κ1) is 28.6. The second-order valence-corrected chi connectivity index (χ2v) is 14.2. The summed E-state index contributed by atoms with van der Waals surface area (Å²) in [6, 6.07) is 10.8. The third-order valence-electron chi connectivity index (χ3n) is 11.3. The van der Waals surface area contributed by atoms with Gasteiger partial charge in [-0.2, -0.15) is 0 Å². The van der Waals surface area contributed by atoms with E-state index in [4.69, 9.17) is 18.6 Å². The lowest BCUT2D eigenvalue weighted by molar-refractivity contribution is -0.267. The van der Waals surface area contributed by atoms with E-state index in [-0.39, 0.29) is 54.0 Å². The third kappa shape index (κ3) is 4.53. The van der Waals surface area contributed by atoms with Crippen LogP contribution in [0.2, 0.25) is 0 Å². The molecule has 2 heterocycles. The molecule has 0 saturated heterocycles. The molecule has 5 aliphatic rings.